The molecule has 0 spiro atoms. The number of phenolic OH excluding ortho intramolecular Hbond substituents is 2. The molecule has 2 N–H and O–H groups in total. The zero-order valence-electron chi connectivity index (χ0n) is 7.88. The van der Waals surface area contributed by atoms with E-state index >= 15 is 0 Å². The maximum Gasteiger partial charge on any atom is 0.346 e. The van der Waals surface area contributed by atoms with E-state index in [1.807, 2.05) is 0 Å². The third-order valence-electron chi connectivity index (χ3n) is 1.59. The number of hydrogen-bond donors (Lipinski definition) is 2. The number of esters is 1. The van der Waals surface area contributed by atoms with Crippen LogP contribution >= 0.6 is 0 Å². The quantitative estimate of drug-likeness (QED) is 0.450. The highest BCUT2D eigenvalue weighted by atomic mass is 16.5. The van der Waals surface area contributed by atoms with E-state index < -0.39 is 5.97 Å². The number of carbonyl (C=O) groups is 1. The number of benzene rings is 1. The largest absolute Gasteiger partial charge is 0.508 e. The minimum absolute atomic E-state index is 0.0125. The molecule has 4 nitrogen and oxygen atoms in total. The van der Waals surface area contributed by atoms with Crippen LogP contribution < -0.4 is 0 Å². The van der Waals surface area contributed by atoms with E-state index in [1.165, 1.54) is 24.3 Å². The van der Waals surface area contributed by atoms with E-state index in [-0.39, 0.29) is 17.1 Å². The normalized spacial score (nSPS) is 10.1. The molecule has 0 aliphatic carbocycles. The minimum Gasteiger partial charge on any atom is -0.508 e. The minimum atomic E-state index is -0.703. The van der Waals surface area contributed by atoms with Gasteiger partial charge in [-0.3, -0.25) is 0 Å². The third-order valence-corrected chi connectivity index (χ3v) is 1.59. The van der Waals surface area contributed by atoms with Gasteiger partial charge in [0.15, 0.2) is 0 Å². The van der Waals surface area contributed by atoms with Crippen molar-refractivity contribution in [3.8, 4) is 11.5 Å². The van der Waals surface area contributed by atoms with Crippen molar-refractivity contribution in [2.45, 2.75) is 0 Å². The number of aromatic hydroxyl groups is 2. The fraction of sp³-hybridized carbons (Fsp3) is 0. The zero-order valence-corrected chi connectivity index (χ0v) is 7.88. The van der Waals surface area contributed by atoms with Gasteiger partial charge in [0, 0.05) is 6.07 Å². The molecule has 0 aromatic heterocycles. The van der Waals surface area contributed by atoms with Crippen LogP contribution in [0.3, 0.4) is 0 Å². The first-order chi connectivity index (χ1) is 7.15. The molecule has 0 bridgehead atoms. The summed E-state index contributed by atoms with van der Waals surface area (Å²) in [7, 11) is 0. The summed E-state index contributed by atoms with van der Waals surface area (Å²) in [5.74, 6) is -1.15. The topological polar surface area (TPSA) is 66.8 Å². The highest BCUT2D eigenvalue weighted by Gasteiger charge is 2.11. The Kier molecular flexibility index (Phi) is 3.51. The van der Waals surface area contributed by atoms with Crippen LogP contribution in [0, 0.1) is 0 Å². The zero-order chi connectivity index (χ0) is 11.3. The first kappa shape index (κ1) is 10.8. The van der Waals surface area contributed by atoms with Crippen molar-refractivity contribution in [1.29, 1.82) is 0 Å². The lowest BCUT2D eigenvalue weighted by Crippen LogP contribution is -2.00. The summed E-state index contributed by atoms with van der Waals surface area (Å²) in [6, 6.07) is 3.62. The number of phenols is 2. The predicted octanol–water partition coefficient (Wildman–Crippen LogP) is 1.95. The number of hydrogen-bond acceptors (Lipinski definition) is 4. The summed E-state index contributed by atoms with van der Waals surface area (Å²) in [5, 5.41) is 18.3. The second-order valence-electron chi connectivity index (χ2n) is 2.67. The number of ether oxygens (including phenoxy) is 1. The van der Waals surface area contributed by atoms with Crippen LogP contribution in [0.4, 0.5) is 0 Å². The fourth-order valence-corrected chi connectivity index (χ4v) is 0.913. The number of allylic oxidation sites excluding steroid dienone is 2. The summed E-state index contributed by atoms with van der Waals surface area (Å²) < 4.78 is 4.66. The summed E-state index contributed by atoms with van der Waals surface area (Å²) in [4.78, 5) is 11.3. The first-order valence-corrected chi connectivity index (χ1v) is 4.15. The van der Waals surface area contributed by atoms with Crippen LogP contribution in [-0.2, 0) is 4.74 Å². The number of rotatable bonds is 3. The summed E-state index contributed by atoms with van der Waals surface area (Å²) >= 11 is 0. The molecule has 15 heavy (non-hydrogen) atoms. The molecule has 1 aromatic carbocycles. The van der Waals surface area contributed by atoms with Crippen LogP contribution in [0.25, 0.3) is 0 Å². The van der Waals surface area contributed by atoms with Crippen molar-refractivity contribution in [2.75, 3.05) is 0 Å². The number of carbonyl (C=O) groups excluding carboxylic acids is 1. The van der Waals surface area contributed by atoms with E-state index in [2.05, 4.69) is 11.3 Å². The van der Waals surface area contributed by atoms with Crippen molar-refractivity contribution >= 4 is 5.97 Å². The average molecular weight is 206 g/mol. The Morgan fingerprint density at radius 3 is 2.73 bits per heavy atom. The molecule has 0 aliphatic rings. The van der Waals surface area contributed by atoms with Gasteiger partial charge in [-0.1, -0.05) is 12.7 Å². The average Bonchev–Trinajstić information content (AvgIpc) is 2.17. The molecule has 0 radical (unpaired) electrons. The van der Waals surface area contributed by atoms with Crippen LogP contribution in [0.15, 0.2) is 43.2 Å². The lowest BCUT2D eigenvalue weighted by Gasteiger charge is -2.02. The Morgan fingerprint density at radius 1 is 1.40 bits per heavy atom. The molecular weight excluding hydrogens is 196 g/mol. The maximum atomic E-state index is 11.3. The molecular formula is C11H10O4. The Labute approximate surface area is 86.7 Å². The van der Waals surface area contributed by atoms with Crippen molar-refractivity contribution in [1.82, 2.24) is 0 Å². The van der Waals surface area contributed by atoms with E-state index in [0.717, 1.165) is 12.3 Å². The van der Waals surface area contributed by atoms with Crippen LogP contribution in [0.5, 0.6) is 11.5 Å². The van der Waals surface area contributed by atoms with E-state index in [9.17, 15) is 9.90 Å². The van der Waals surface area contributed by atoms with Crippen molar-refractivity contribution in [3.63, 3.8) is 0 Å². The lowest BCUT2D eigenvalue weighted by molar-refractivity contribution is 0.0660. The Morgan fingerprint density at radius 2 is 2.13 bits per heavy atom. The molecule has 0 atom stereocenters. The van der Waals surface area contributed by atoms with Gasteiger partial charge >= 0.3 is 5.97 Å². The Bertz CT molecular complexity index is 407. The SMILES string of the molecule is C=C/C=C/OC(=O)c1ccc(O)cc1O. The smallest absolute Gasteiger partial charge is 0.346 e. The summed E-state index contributed by atoms with van der Waals surface area (Å²) in [6.07, 6.45) is 4.04. The van der Waals surface area contributed by atoms with Gasteiger partial charge in [-0.25, -0.2) is 4.79 Å². The fourth-order valence-electron chi connectivity index (χ4n) is 0.913. The molecule has 78 valence electrons. The van der Waals surface area contributed by atoms with Gasteiger partial charge in [0.25, 0.3) is 0 Å². The van der Waals surface area contributed by atoms with Gasteiger partial charge < -0.3 is 14.9 Å². The molecule has 4 heteroatoms. The Balaban J connectivity index is 2.82. The molecule has 1 rings (SSSR count). The van der Waals surface area contributed by atoms with Gasteiger partial charge in [0.1, 0.15) is 17.1 Å². The third kappa shape index (κ3) is 2.87. The second kappa shape index (κ2) is 4.85. The van der Waals surface area contributed by atoms with Crippen molar-refractivity contribution in [3.05, 3.63) is 48.8 Å². The molecule has 0 heterocycles. The van der Waals surface area contributed by atoms with Crippen molar-refractivity contribution < 1.29 is 19.7 Å². The molecule has 1 aromatic rings. The summed E-state index contributed by atoms with van der Waals surface area (Å²) in [6.45, 7) is 3.40. The van der Waals surface area contributed by atoms with Gasteiger partial charge in [-0.15, -0.1) is 0 Å². The molecule has 0 aliphatic heterocycles. The van der Waals surface area contributed by atoms with E-state index in [1.54, 1.807) is 0 Å². The van der Waals surface area contributed by atoms with Crippen LogP contribution in [0.2, 0.25) is 0 Å². The van der Waals surface area contributed by atoms with Gasteiger partial charge in [0.05, 0.1) is 6.26 Å². The predicted molar refractivity (Wildman–Crippen MR) is 54.5 cm³/mol. The maximum absolute atomic E-state index is 11.3. The molecule has 0 unspecified atom stereocenters. The van der Waals surface area contributed by atoms with Crippen molar-refractivity contribution in [2.24, 2.45) is 0 Å². The molecule has 0 amide bonds. The first-order valence-electron chi connectivity index (χ1n) is 4.15. The van der Waals surface area contributed by atoms with E-state index in [0.29, 0.717) is 0 Å². The monoisotopic (exact) mass is 206 g/mol. The molecule has 0 saturated heterocycles. The van der Waals surface area contributed by atoms with Crippen LogP contribution in [-0.4, -0.2) is 16.2 Å². The van der Waals surface area contributed by atoms with Gasteiger partial charge in [-0.2, -0.15) is 0 Å². The highest BCUT2D eigenvalue weighted by Crippen LogP contribution is 2.23. The molecule has 0 fully saturated rings. The standard InChI is InChI=1S/C11H10O4/c1-2-3-6-15-11(14)9-5-4-8(12)7-10(9)13/h2-7,12-13H,1H2/b6-3+. The summed E-state index contributed by atoms with van der Waals surface area (Å²) in [5.41, 5.74) is -0.0125. The molecule has 0 saturated carbocycles. The lowest BCUT2D eigenvalue weighted by atomic mass is 10.2. The second-order valence-corrected chi connectivity index (χ2v) is 2.67. The Hall–Kier alpha value is -2.23. The van der Waals surface area contributed by atoms with Crippen LogP contribution in [0.1, 0.15) is 10.4 Å². The highest BCUT2D eigenvalue weighted by molar-refractivity contribution is 5.92. The van der Waals surface area contributed by atoms with Gasteiger partial charge in [0.2, 0.25) is 0 Å². The van der Waals surface area contributed by atoms with E-state index in [4.69, 9.17) is 5.11 Å². The van der Waals surface area contributed by atoms with Gasteiger partial charge in [-0.05, 0) is 18.2 Å².